The maximum Gasteiger partial charge on any atom is 0.142 e. The second kappa shape index (κ2) is 5.54. The first-order valence-electron chi connectivity index (χ1n) is 7.01. The van der Waals surface area contributed by atoms with Crippen LogP contribution in [0.25, 0.3) is 0 Å². The van der Waals surface area contributed by atoms with Crippen molar-refractivity contribution in [2.45, 2.75) is 12.8 Å². The van der Waals surface area contributed by atoms with Gasteiger partial charge in [0.15, 0.2) is 0 Å². The van der Waals surface area contributed by atoms with E-state index in [1.165, 1.54) is 5.71 Å². The number of nitrogens with two attached hydrogens (primary N) is 2. The summed E-state index contributed by atoms with van der Waals surface area (Å²) >= 11 is 0. The molecule has 0 bridgehead atoms. The Morgan fingerprint density at radius 1 is 1.35 bits per heavy atom. The third-order valence-corrected chi connectivity index (χ3v) is 3.86. The Morgan fingerprint density at radius 2 is 2.25 bits per heavy atom. The number of hydrogen-bond donors (Lipinski definition) is 5. The topological polar surface area (TPSA) is 113 Å². The predicted molar refractivity (Wildman–Crippen MR) is 80.0 cm³/mol. The smallest absolute Gasteiger partial charge is 0.142 e. The van der Waals surface area contributed by atoms with E-state index in [9.17, 15) is 0 Å². The van der Waals surface area contributed by atoms with Crippen LogP contribution >= 0.6 is 0 Å². The average molecular weight is 275 g/mol. The van der Waals surface area contributed by atoms with Crippen LogP contribution in [0.1, 0.15) is 12.8 Å². The van der Waals surface area contributed by atoms with Gasteiger partial charge in [-0.3, -0.25) is 10.4 Å². The molecule has 7 nitrogen and oxygen atoms in total. The highest BCUT2D eigenvalue weighted by molar-refractivity contribution is 5.97. The Bertz CT molecular complexity index is 509. The Kier molecular flexibility index (Phi) is 3.60. The van der Waals surface area contributed by atoms with Gasteiger partial charge in [0.25, 0.3) is 0 Å². The third-order valence-electron chi connectivity index (χ3n) is 3.86. The average Bonchev–Trinajstić information content (AvgIpc) is 3.11. The minimum atomic E-state index is 0.513. The minimum Gasteiger partial charge on any atom is -0.397 e. The largest absolute Gasteiger partial charge is 0.397 e. The number of nitrogens with one attached hydrogen (secondary N) is 3. The standard InChI is InChI=1S/C13H21N7/c14-9(5-12-13(15)18-4-3-17-12)11-6-10(19-20-11)8-1-2-16-7-8/h5,8,16-17,20H,1-4,6-7,14H2,(H2,15,18). The predicted octanol–water partition coefficient (Wildman–Crippen LogP) is -1.04. The van der Waals surface area contributed by atoms with Crippen LogP contribution in [0.15, 0.2) is 33.3 Å². The quantitative estimate of drug-likeness (QED) is 0.442. The zero-order valence-corrected chi connectivity index (χ0v) is 11.4. The van der Waals surface area contributed by atoms with Crippen molar-refractivity contribution in [2.24, 2.45) is 27.5 Å². The summed E-state index contributed by atoms with van der Waals surface area (Å²) in [5.41, 5.74) is 18.6. The number of allylic oxidation sites excluding steroid dienone is 2. The molecule has 1 unspecified atom stereocenters. The maximum absolute atomic E-state index is 6.13. The van der Waals surface area contributed by atoms with E-state index in [0.717, 1.165) is 43.9 Å². The zero-order valence-electron chi connectivity index (χ0n) is 11.4. The molecule has 3 aliphatic rings. The highest BCUT2D eigenvalue weighted by Crippen LogP contribution is 2.20. The molecule has 1 atom stereocenters. The SMILES string of the molecule is NC1=NCCNC1=CC(N)=C1CC(C2CCNC2)=NN1. The number of rotatable bonds is 2. The van der Waals surface area contributed by atoms with E-state index in [-0.39, 0.29) is 0 Å². The van der Waals surface area contributed by atoms with Crippen molar-refractivity contribution >= 4 is 11.5 Å². The molecule has 0 saturated carbocycles. The van der Waals surface area contributed by atoms with Crippen LogP contribution in [-0.4, -0.2) is 37.7 Å². The van der Waals surface area contributed by atoms with E-state index >= 15 is 0 Å². The molecule has 3 rings (SSSR count). The second-order valence-electron chi connectivity index (χ2n) is 5.27. The van der Waals surface area contributed by atoms with Gasteiger partial charge in [-0.05, 0) is 19.0 Å². The van der Waals surface area contributed by atoms with E-state index in [4.69, 9.17) is 11.5 Å². The van der Waals surface area contributed by atoms with Crippen molar-refractivity contribution in [2.75, 3.05) is 26.2 Å². The summed E-state index contributed by atoms with van der Waals surface area (Å²) in [6.45, 7) is 3.58. The maximum atomic E-state index is 6.13. The minimum absolute atomic E-state index is 0.513. The highest BCUT2D eigenvalue weighted by Gasteiger charge is 2.25. The Labute approximate surface area is 118 Å². The fourth-order valence-electron chi connectivity index (χ4n) is 2.65. The molecule has 7 N–H and O–H groups in total. The lowest BCUT2D eigenvalue weighted by Gasteiger charge is -2.15. The molecular formula is C13H21N7. The van der Waals surface area contributed by atoms with E-state index < -0.39 is 0 Å². The van der Waals surface area contributed by atoms with Gasteiger partial charge in [-0.1, -0.05) is 0 Å². The molecule has 1 saturated heterocycles. The molecule has 1 fully saturated rings. The van der Waals surface area contributed by atoms with E-state index in [0.29, 0.717) is 24.0 Å². The zero-order chi connectivity index (χ0) is 13.9. The molecule has 0 aromatic carbocycles. The van der Waals surface area contributed by atoms with Crippen LogP contribution in [0, 0.1) is 5.92 Å². The van der Waals surface area contributed by atoms with Crippen molar-refractivity contribution in [1.29, 1.82) is 0 Å². The molecule has 7 heteroatoms. The summed E-state index contributed by atoms with van der Waals surface area (Å²) in [4.78, 5) is 4.20. The van der Waals surface area contributed by atoms with Crippen LogP contribution in [0.5, 0.6) is 0 Å². The second-order valence-corrected chi connectivity index (χ2v) is 5.27. The fourth-order valence-corrected chi connectivity index (χ4v) is 2.65. The summed E-state index contributed by atoms with van der Waals surface area (Å²) in [6, 6.07) is 0. The number of hydrazone groups is 1. The summed E-state index contributed by atoms with van der Waals surface area (Å²) in [7, 11) is 0. The summed E-state index contributed by atoms with van der Waals surface area (Å²) in [5, 5.41) is 11.0. The van der Waals surface area contributed by atoms with Gasteiger partial charge in [-0.15, -0.1) is 0 Å². The summed E-state index contributed by atoms with van der Waals surface area (Å²) in [6.07, 6.45) is 3.78. The lowest BCUT2D eigenvalue weighted by Crippen LogP contribution is -2.34. The molecule has 3 heterocycles. The monoisotopic (exact) mass is 275 g/mol. The van der Waals surface area contributed by atoms with Gasteiger partial charge in [-0.2, -0.15) is 5.10 Å². The van der Waals surface area contributed by atoms with Gasteiger partial charge in [0, 0.05) is 31.1 Å². The van der Waals surface area contributed by atoms with Gasteiger partial charge in [0.2, 0.25) is 0 Å². The van der Waals surface area contributed by atoms with Crippen LogP contribution in [0.3, 0.4) is 0 Å². The van der Waals surface area contributed by atoms with Crippen molar-refractivity contribution in [3.8, 4) is 0 Å². The molecule has 0 spiro atoms. The Hall–Kier alpha value is -2.02. The summed E-state index contributed by atoms with van der Waals surface area (Å²) in [5.74, 6) is 1.04. The van der Waals surface area contributed by atoms with E-state index in [2.05, 4.69) is 26.2 Å². The third kappa shape index (κ3) is 2.62. The van der Waals surface area contributed by atoms with Crippen molar-refractivity contribution < 1.29 is 0 Å². The molecule has 0 aliphatic carbocycles. The number of hydrogen-bond acceptors (Lipinski definition) is 7. The van der Waals surface area contributed by atoms with Crippen LogP contribution < -0.4 is 27.5 Å². The van der Waals surface area contributed by atoms with Crippen molar-refractivity contribution in [3.63, 3.8) is 0 Å². The molecule has 20 heavy (non-hydrogen) atoms. The van der Waals surface area contributed by atoms with Gasteiger partial charge < -0.3 is 22.1 Å². The fraction of sp³-hybridized carbons (Fsp3) is 0.538. The van der Waals surface area contributed by atoms with Crippen LogP contribution in [0.4, 0.5) is 0 Å². The molecule has 0 amide bonds. The van der Waals surface area contributed by atoms with E-state index in [1.807, 2.05) is 6.08 Å². The van der Waals surface area contributed by atoms with Gasteiger partial charge in [0.05, 0.1) is 23.6 Å². The first-order chi connectivity index (χ1) is 9.74. The highest BCUT2D eigenvalue weighted by atomic mass is 15.3. The molecular weight excluding hydrogens is 254 g/mol. The molecule has 0 radical (unpaired) electrons. The molecule has 3 aliphatic heterocycles. The normalized spacial score (nSPS) is 30.6. The number of amidine groups is 1. The van der Waals surface area contributed by atoms with Gasteiger partial charge in [-0.25, -0.2) is 0 Å². The van der Waals surface area contributed by atoms with Crippen LogP contribution in [0.2, 0.25) is 0 Å². The molecule has 0 aromatic heterocycles. The lowest BCUT2D eigenvalue weighted by atomic mass is 9.99. The number of nitrogens with zero attached hydrogens (tertiary/aromatic N) is 2. The lowest BCUT2D eigenvalue weighted by molar-refractivity contribution is 0.762. The van der Waals surface area contributed by atoms with Crippen molar-refractivity contribution in [1.82, 2.24) is 16.1 Å². The van der Waals surface area contributed by atoms with Gasteiger partial charge in [0.1, 0.15) is 5.84 Å². The van der Waals surface area contributed by atoms with E-state index in [1.54, 1.807) is 0 Å². The van der Waals surface area contributed by atoms with Gasteiger partial charge >= 0.3 is 0 Å². The first kappa shape index (κ1) is 13.0. The Balaban J connectivity index is 1.71. The van der Waals surface area contributed by atoms with Crippen molar-refractivity contribution in [3.05, 3.63) is 23.2 Å². The molecule has 0 aromatic rings. The molecule has 108 valence electrons. The first-order valence-corrected chi connectivity index (χ1v) is 7.01. The Morgan fingerprint density at radius 3 is 3.00 bits per heavy atom. The van der Waals surface area contributed by atoms with Crippen LogP contribution in [-0.2, 0) is 0 Å². The number of aliphatic imine (C=N–C) groups is 1. The summed E-state index contributed by atoms with van der Waals surface area (Å²) < 4.78 is 0.